The van der Waals surface area contributed by atoms with Gasteiger partial charge in [0.2, 0.25) is 5.91 Å². The second-order valence-electron chi connectivity index (χ2n) is 4.15. The zero-order valence-electron chi connectivity index (χ0n) is 10.2. The molecule has 3 nitrogen and oxygen atoms in total. The summed E-state index contributed by atoms with van der Waals surface area (Å²) in [4.78, 5) is 11.8. The summed E-state index contributed by atoms with van der Waals surface area (Å²) in [6.07, 6.45) is 1.63. The highest BCUT2D eigenvalue weighted by Gasteiger charge is 2.16. The Bertz CT molecular complexity index is 381. The Kier molecular flexibility index (Phi) is 5.65. The van der Waals surface area contributed by atoms with E-state index in [2.05, 4.69) is 21.2 Å². The summed E-state index contributed by atoms with van der Waals surface area (Å²) < 4.78 is 0.997. The van der Waals surface area contributed by atoms with Gasteiger partial charge in [-0.25, -0.2) is 0 Å². The van der Waals surface area contributed by atoms with Crippen molar-refractivity contribution >= 4 is 21.8 Å². The third kappa shape index (κ3) is 4.13. The van der Waals surface area contributed by atoms with E-state index in [-0.39, 0.29) is 11.9 Å². The molecule has 0 fully saturated rings. The van der Waals surface area contributed by atoms with Crippen LogP contribution >= 0.6 is 15.9 Å². The molecule has 1 aromatic carbocycles. The maximum atomic E-state index is 11.8. The molecule has 0 saturated heterocycles. The summed E-state index contributed by atoms with van der Waals surface area (Å²) in [5.74, 6) is -0.0879. The van der Waals surface area contributed by atoms with Crippen LogP contribution in [0.2, 0.25) is 0 Å². The van der Waals surface area contributed by atoms with Crippen molar-refractivity contribution in [1.29, 1.82) is 0 Å². The predicted octanol–water partition coefficient (Wildman–Crippen LogP) is 2.75. The van der Waals surface area contributed by atoms with E-state index in [9.17, 15) is 4.79 Å². The first-order chi connectivity index (χ1) is 8.06. The Morgan fingerprint density at radius 2 is 2.12 bits per heavy atom. The van der Waals surface area contributed by atoms with Crippen LogP contribution in [0, 0.1) is 0 Å². The first-order valence-electron chi connectivity index (χ1n) is 5.86. The third-order valence-electron chi connectivity index (χ3n) is 2.67. The second-order valence-corrected chi connectivity index (χ2v) is 5.00. The summed E-state index contributed by atoms with van der Waals surface area (Å²) in [5.41, 5.74) is 6.83. The minimum Gasteiger partial charge on any atom is -0.348 e. The Labute approximate surface area is 111 Å². The van der Waals surface area contributed by atoms with Crippen molar-refractivity contribution < 1.29 is 4.79 Å². The van der Waals surface area contributed by atoms with Crippen LogP contribution in [0.25, 0.3) is 0 Å². The van der Waals surface area contributed by atoms with Gasteiger partial charge in [-0.2, -0.15) is 0 Å². The number of rotatable bonds is 5. The van der Waals surface area contributed by atoms with E-state index in [0.717, 1.165) is 16.5 Å². The van der Waals surface area contributed by atoms with Crippen LogP contribution in [0.4, 0.5) is 0 Å². The van der Waals surface area contributed by atoms with Crippen molar-refractivity contribution in [2.75, 3.05) is 0 Å². The molecule has 1 amide bonds. The van der Waals surface area contributed by atoms with Crippen molar-refractivity contribution in [3.8, 4) is 0 Å². The van der Waals surface area contributed by atoms with E-state index in [1.165, 1.54) is 0 Å². The SMILES string of the molecule is CCCC(N)C(=O)NC(C)c1ccccc1Br. The molecule has 2 atom stereocenters. The fourth-order valence-electron chi connectivity index (χ4n) is 1.67. The van der Waals surface area contributed by atoms with E-state index in [1.807, 2.05) is 38.1 Å². The van der Waals surface area contributed by atoms with Gasteiger partial charge >= 0.3 is 0 Å². The number of hydrogen-bond acceptors (Lipinski definition) is 2. The largest absolute Gasteiger partial charge is 0.348 e. The van der Waals surface area contributed by atoms with E-state index in [4.69, 9.17) is 5.73 Å². The lowest BCUT2D eigenvalue weighted by molar-refractivity contribution is -0.123. The van der Waals surface area contributed by atoms with Gasteiger partial charge in [0.05, 0.1) is 12.1 Å². The fourth-order valence-corrected chi connectivity index (χ4v) is 2.29. The summed E-state index contributed by atoms with van der Waals surface area (Å²) in [6.45, 7) is 3.97. The van der Waals surface area contributed by atoms with Gasteiger partial charge in [-0.05, 0) is 25.0 Å². The molecule has 2 unspecified atom stereocenters. The zero-order valence-corrected chi connectivity index (χ0v) is 11.8. The minimum absolute atomic E-state index is 0.0408. The molecule has 1 aromatic rings. The van der Waals surface area contributed by atoms with Crippen molar-refractivity contribution in [2.24, 2.45) is 5.73 Å². The molecule has 0 aliphatic rings. The maximum Gasteiger partial charge on any atom is 0.237 e. The monoisotopic (exact) mass is 298 g/mol. The zero-order chi connectivity index (χ0) is 12.8. The molecule has 0 saturated carbocycles. The van der Waals surface area contributed by atoms with Crippen molar-refractivity contribution in [3.05, 3.63) is 34.3 Å². The Balaban J connectivity index is 2.63. The Morgan fingerprint density at radius 3 is 2.71 bits per heavy atom. The molecule has 3 N–H and O–H groups in total. The minimum atomic E-state index is -0.412. The lowest BCUT2D eigenvalue weighted by Gasteiger charge is -2.18. The Morgan fingerprint density at radius 1 is 1.47 bits per heavy atom. The molecule has 0 spiro atoms. The molecule has 0 radical (unpaired) electrons. The molecule has 0 bridgehead atoms. The number of benzene rings is 1. The van der Waals surface area contributed by atoms with Crippen molar-refractivity contribution in [2.45, 2.75) is 38.8 Å². The summed E-state index contributed by atoms with van der Waals surface area (Å²) in [5, 5.41) is 2.93. The molecule has 1 rings (SSSR count). The van der Waals surface area contributed by atoms with Gasteiger partial charge in [0, 0.05) is 4.47 Å². The van der Waals surface area contributed by atoms with Gasteiger partial charge in [0.25, 0.3) is 0 Å². The molecule has 0 aliphatic carbocycles. The van der Waals surface area contributed by atoms with Gasteiger partial charge < -0.3 is 11.1 Å². The standard InChI is InChI=1S/C13H19BrN2O/c1-3-6-12(15)13(17)16-9(2)10-7-4-5-8-11(10)14/h4-5,7-9,12H,3,6,15H2,1-2H3,(H,16,17). The van der Waals surface area contributed by atoms with Crippen LogP contribution in [-0.2, 0) is 4.79 Å². The molecular formula is C13H19BrN2O. The van der Waals surface area contributed by atoms with Crippen LogP contribution < -0.4 is 11.1 Å². The van der Waals surface area contributed by atoms with Gasteiger partial charge in [0.1, 0.15) is 0 Å². The number of carbonyl (C=O) groups is 1. The van der Waals surface area contributed by atoms with Gasteiger partial charge in [-0.3, -0.25) is 4.79 Å². The highest BCUT2D eigenvalue weighted by Crippen LogP contribution is 2.22. The highest BCUT2D eigenvalue weighted by atomic mass is 79.9. The smallest absolute Gasteiger partial charge is 0.237 e. The van der Waals surface area contributed by atoms with Crippen LogP contribution in [-0.4, -0.2) is 11.9 Å². The normalized spacial score (nSPS) is 14.1. The molecule has 0 aromatic heterocycles. The second kappa shape index (κ2) is 6.77. The van der Waals surface area contributed by atoms with Crippen LogP contribution in [0.3, 0.4) is 0 Å². The summed E-state index contributed by atoms with van der Waals surface area (Å²) in [7, 11) is 0. The average Bonchev–Trinajstić information content (AvgIpc) is 2.29. The topological polar surface area (TPSA) is 55.1 Å². The first-order valence-corrected chi connectivity index (χ1v) is 6.66. The number of halogens is 1. The number of nitrogens with two attached hydrogens (primary N) is 1. The molecular weight excluding hydrogens is 280 g/mol. The lowest BCUT2D eigenvalue weighted by Crippen LogP contribution is -2.41. The molecule has 4 heteroatoms. The first kappa shape index (κ1) is 14.2. The van der Waals surface area contributed by atoms with Crippen LogP contribution in [0.15, 0.2) is 28.7 Å². The molecule has 0 heterocycles. The van der Waals surface area contributed by atoms with E-state index in [0.29, 0.717) is 6.42 Å². The van der Waals surface area contributed by atoms with Gasteiger partial charge in [-0.1, -0.05) is 47.5 Å². The molecule has 0 aliphatic heterocycles. The third-order valence-corrected chi connectivity index (χ3v) is 3.39. The maximum absolute atomic E-state index is 11.8. The Hall–Kier alpha value is -0.870. The van der Waals surface area contributed by atoms with Gasteiger partial charge in [0.15, 0.2) is 0 Å². The van der Waals surface area contributed by atoms with Crippen LogP contribution in [0.5, 0.6) is 0 Å². The number of hydrogen-bond donors (Lipinski definition) is 2. The predicted molar refractivity (Wildman–Crippen MR) is 73.6 cm³/mol. The van der Waals surface area contributed by atoms with Gasteiger partial charge in [-0.15, -0.1) is 0 Å². The fraction of sp³-hybridized carbons (Fsp3) is 0.462. The van der Waals surface area contributed by atoms with E-state index >= 15 is 0 Å². The van der Waals surface area contributed by atoms with Crippen molar-refractivity contribution in [1.82, 2.24) is 5.32 Å². The quantitative estimate of drug-likeness (QED) is 0.878. The van der Waals surface area contributed by atoms with E-state index < -0.39 is 6.04 Å². The highest BCUT2D eigenvalue weighted by molar-refractivity contribution is 9.10. The average molecular weight is 299 g/mol. The number of nitrogens with one attached hydrogen (secondary N) is 1. The van der Waals surface area contributed by atoms with Crippen molar-refractivity contribution in [3.63, 3.8) is 0 Å². The lowest BCUT2D eigenvalue weighted by atomic mass is 10.1. The molecule has 17 heavy (non-hydrogen) atoms. The molecule has 94 valence electrons. The summed E-state index contributed by atoms with van der Waals surface area (Å²) >= 11 is 3.47. The number of amides is 1. The van der Waals surface area contributed by atoms with Crippen LogP contribution in [0.1, 0.15) is 38.3 Å². The summed E-state index contributed by atoms with van der Waals surface area (Å²) in [6, 6.07) is 7.40. The number of carbonyl (C=O) groups excluding carboxylic acids is 1. The van der Waals surface area contributed by atoms with E-state index in [1.54, 1.807) is 0 Å².